The smallest absolute Gasteiger partial charge is 0.120 e. The highest BCUT2D eigenvalue weighted by molar-refractivity contribution is 5.03. The predicted molar refractivity (Wildman–Crippen MR) is 65.4 cm³/mol. The van der Waals surface area contributed by atoms with Crippen molar-refractivity contribution in [3.63, 3.8) is 0 Å². The van der Waals surface area contributed by atoms with Crippen LogP contribution < -0.4 is 5.32 Å². The van der Waals surface area contributed by atoms with Gasteiger partial charge in [0.25, 0.3) is 0 Å². The van der Waals surface area contributed by atoms with Crippen molar-refractivity contribution in [2.45, 2.75) is 38.3 Å². The summed E-state index contributed by atoms with van der Waals surface area (Å²) < 4.78 is 5.44. The Morgan fingerprint density at radius 3 is 3.06 bits per heavy atom. The first-order valence-electron chi connectivity index (χ1n) is 6.24. The van der Waals surface area contributed by atoms with Crippen LogP contribution in [0.5, 0.6) is 0 Å². The van der Waals surface area contributed by atoms with Crippen LogP contribution in [0.2, 0.25) is 0 Å². The fraction of sp³-hybridized carbons (Fsp3) is 0.692. The molecule has 0 saturated carbocycles. The molecule has 1 aliphatic rings. The standard InChI is InChI=1S/C13H22N2O/c1-11(13-7-5-9-16-13)15(2)10-12-6-3-4-8-14-12/h5,7,9,11-12,14H,3-4,6,8,10H2,1-2H3/t11-,12-/m0/s1. The Hall–Kier alpha value is -0.800. The molecule has 90 valence electrons. The van der Waals surface area contributed by atoms with E-state index in [1.807, 2.05) is 6.07 Å². The lowest BCUT2D eigenvalue weighted by Gasteiger charge is -2.30. The molecule has 1 aromatic heterocycles. The first-order valence-corrected chi connectivity index (χ1v) is 6.24. The number of likely N-dealkylation sites (N-methyl/N-ethyl adjacent to an activating group) is 1. The molecule has 1 saturated heterocycles. The minimum absolute atomic E-state index is 0.360. The topological polar surface area (TPSA) is 28.4 Å². The van der Waals surface area contributed by atoms with E-state index in [-0.39, 0.29) is 0 Å². The van der Waals surface area contributed by atoms with E-state index in [9.17, 15) is 0 Å². The molecule has 0 bridgehead atoms. The maximum atomic E-state index is 5.44. The number of nitrogens with zero attached hydrogens (tertiary/aromatic N) is 1. The number of hydrogen-bond donors (Lipinski definition) is 1. The van der Waals surface area contributed by atoms with Gasteiger partial charge in [-0.3, -0.25) is 4.90 Å². The highest BCUT2D eigenvalue weighted by Gasteiger charge is 2.19. The molecular weight excluding hydrogens is 200 g/mol. The van der Waals surface area contributed by atoms with Gasteiger partial charge in [-0.25, -0.2) is 0 Å². The number of rotatable bonds is 4. The molecule has 0 radical (unpaired) electrons. The fourth-order valence-electron chi connectivity index (χ4n) is 2.33. The fourth-order valence-corrected chi connectivity index (χ4v) is 2.33. The number of nitrogens with one attached hydrogen (secondary N) is 1. The van der Waals surface area contributed by atoms with Crippen molar-refractivity contribution >= 4 is 0 Å². The number of piperidine rings is 1. The van der Waals surface area contributed by atoms with Crippen LogP contribution in [0.15, 0.2) is 22.8 Å². The Labute approximate surface area is 97.8 Å². The van der Waals surface area contributed by atoms with E-state index in [2.05, 4.69) is 30.3 Å². The van der Waals surface area contributed by atoms with Crippen LogP contribution in [0, 0.1) is 0 Å². The van der Waals surface area contributed by atoms with Crippen molar-refractivity contribution in [2.75, 3.05) is 20.1 Å². The van der Waals surface area contributed by atoms with E-state index in [0.717, 1.165) is 12.3 Å². The van der Waals surface area contributed by atoms with Crippen molar-refractivity contribution in [1.29, 1.82) is 0 Å². The summed E-state index contributed by atoms with van der Waals surface area (Å²) in [5.74, 6) is 1.05. The molecule has 1 aromatic rings. The molecule has 0 unspecified atom stereocenters. The van der Waals surface area contributed by atoms with E-state index < -0.39 is 0 Å². The minimum atomic E-state index is 0.360. The summed E-state index contributed by atoms with van der Waals surface area (Å²) in [4.78, 5) is 2.36. The van der Waals surface area contributed by atoms with Gasteiger partial charge in [0.1, 0.15) is 5.76 Å². The van der Waals surface area contributed by atoms with Gasteiger partial charge in [-0.05, 0) is 45.5 Å². The maximum absolute atomic E-state index is 5.44. The third-order valence-electron chi connectivity index (χ3n) is 3.54. The maximum Gasteiger partial charge on any atom is 0.120 e. The van der Waals surface area contributed by atoms with Crippen molar-refractivity contribution in [2.24, 2.45) is 0 Å². The van der Waals surface area contributed by atoms with Crippen molar-refractivity contribution in [1.82, 2.24) is 10.2 Å². The average Bonchev–Trinajstić information content (AvgIpc) is 2.83. The summed E-state index contributed by atoms with van der Waals surface area (Å²) in [6.45, 7) is 4.47. The number of furan rings is 1. The van der Waals surface area contributed by atoms with Crippen LogP contribution in [0.3, 0.4) is 0 Å². The summed E-state index contributed by atoms with van der Waals surface area (Å²) in [5, 5.41) is 3.58. The Morgan fingerprint density at radius 2 is 2.44 bits per heavy atom. The van der Waals surface area contributed by atoms with Crippen LogP contribution >= 0.6 is 0 Å². The van der Waals surface area contributed by atoms with Crippen LogP contribution in [0.1, 0.15) is 38.0 Å². The largest absolute Gasteiger partial charge is 0.468 e. The van der Waals surface area contributed by atoms with Gasteiger partial charge in [0.05, 0.1) is 12.3 Å². The third kappa shape index (κ3) is 2.86. The minimum Gasteiger partial charge on any atom is -0.468 e. The molecule has 2 rings (SSSR count). The highest BCUT2D eigenvalue weighted by Crippen LogP contribution is 2.20. The molecule has 1 aliphatic heterocycles. The molecule has 0 aliphatic carbocycles. The zero-order valence-corrected chi connectivity index (χ0v) is 10.3. The normalized spacial score (nSPS) is 23.6. The molecular formula is C13H22N2O. The second kappa shape index (κ2) is 5.51. The summed E-state index contributed by atoms with van der Waals surface area (Å²) >= 11 is 0. The van der Waals surface area contributed by atoms with Crippen molar-refractivity contribution in [3.05, 3.63) is 24.2 Å². The lowest BCUT2D eigenvalue weighted by molar-refractivity contribution is 0.195. The molecule has 1 fully saturated rings. The van der Waals surface area contributed by atoms with Gasteiger partial charge in [0.15, 0.2) is 0 Å². The van der Waals surface area contributed by atoms with Crippen molar-refractivity contribution in [3.8, 4) is 0 Å². The Kier molecular flexibility index (Phi) is 4.02. The molecule has 2 heterocycles. The molecule has 2 atom stereocenters. The van der Waals surface area contributed by atoms with Gasteiger partial charge in [-0.15, -0.1) is 0 Å². The Bertz CT molecular complexity index is 291. The van der Waals surface area contributed by atoms with E-state index in [1.54, 1.807) is 6.26 Å². The van der Waals surface area contributed by atoms with Crippen LogP contribution in [0.25, 0.3) is 0 Å². The Balaban J connectivity index is 1.84. The van der Waals surface area contributed by atoms with Gasteiger partial charge in [0, 0.05) is 12.6 Å². The van der Waals surface area contributed by atoms with Gasteiger partial charge in [-0.1, -0.05) is 6.42 Å². The molecule has 0 amide bonds. The van der Waals surface area contributed by atoms with E-state index in [4.69, 9.17) is 4.42 Å². The molecule has 0 spiro atoms. The van der Waals surface area contributed by atoms with Crippen LogP contribution in [-0.4, -0.2) is 31.1 Å². The summed E-state index contributed by atoms with van der Waals surface area (Å²) in [7, 11) is 2.17. The zero-order valence-electron chi connectivity index (χ0n) is 10.3. The monoisotopic (exact) mass is 222 g/mol. The van der Waals surface area contributed by atoms with Crippen molar-refractivity contribution < 1.29 is 4.42 Å². The SMILES string of the molecule is C[C@@H](c1ccco1)N(C)C[C@@H]1CCCCN1. The molecule has 1 N–H and O–H groups in total. The molecule has 0 aromatic carbocycles. The summed E-state index contributed by atoms with van der Waals surface area (Å²) in [6, 6.07) is 5.02. The van der Waals surface area contributed by atoms with Crippen LogP contribution in [0.4, 0.5) is 0 Å². The predicted octanol–water partition coefficient (Wildman–Crippen LogP) is 2.41. The van der Waals surface area contributed by atoms with E-state index in [1.165, 1.54) is 25.8 Å². The second-order valence-corrected chi connectivity index (χ2v) is 4.78. The lowest BCUT2D eigenvalue weighted by Crippen LogP contribution is -2.43. The quantitative estimate of drug-likeness (QED) is 0.848. The highest BCUT2D eigenvalue weighted by atomic mass is 16.3. The first-order chi connectivity index (χ1) is 7.77. The molecule has 3 nitrogen and oxygen atoms in total. The third-order valence-corrected chi connectivity index (χ3v) is 3.54. The average molecular weight is 222 g/mol. The van der Waals surface area contributed by atoms with Gasteiger partial charge >= 0.3 is 0 Å². The van der Waals surface area contributed by atoms with E-state index in [0.29, 0.717) is 12.1 Å². The zero-order chi connectivity index (χ0) is 11.4. The summed E-state index contributed by atoms with van der Waals surface area (Å²) in [6.07, 6.45) is 5.74. The van der Waals surface area contributed by atoms with Gasteiger partial charge < -0.3 is 9.73 Å². The Morgan fingerprint density at radius 1 is 1.56 bits per heavy atom. The molecule has 16 heavy (non-hydrogen) atoms. The second-order valence-electron chi connectivity index (χ2n) is 4.78. The summed E-state index contributed by atoms with van der Waals surface area (Å²) in [5.41, 5.74) is 0. The first kappa shape index (κ1) is 11.7. The molecule has 3 heteroatoms. The van der Waals surface area contributed by atoms with Crippen LogP contribution in [-0.2, 0) is 0 Å². The van der Waals surface area contributed by atoms with Gasteiger partial charge in [0.2, 0.25) is 0 Å². The van der Waals surface area contributed by atoms with Gasteiger partial charge in [-0.2, -0.15) is 0 Å². The van der Waals surface area contributed by atoms with E-state index >= 15 is 0 Å². The number of hydrogen-bond acceptors (Lipinski definition) is 3. The lowest BCUT2D eigenvalue weighted by atomic mass is 10.0.